The largest absolute Gasteiger partial charge is 1.00 e. The Balaban J connectivity index is 0. The summed E-state index contributed by atoms with van der Waals surface area (Å²) >= 11 is 0. The molecule has 0 aromatic rings. The predicted molar refractivity (Wildman–Crippen MR) is 107 cm³/mol. The number of aliphatic hydroxyl groups excluding tert-OH is 4. The molecule has 27 heavy (non-hydrogen) atoms. The van der Waals surface area contributed by atoms with Gasteiger partial charge < -0.3 is 46.4 Å². The topological polar surface area (TPSA) is 80.9 Å². The number of likely N-dealkylation sites (N-methyl/N-ethyl adjacent to an activating group) is 2. The van der Waals surface area contributed by atoms with Gasteiger partial charge in [0.1, 0.15) is 26.2 Å². The van der Waals surface area contributed by atoms with Crippen LogP contribution in [0.4, 0.5) is 0 Å². The summed E-state index contributed by atoms with van der Waals surface area (Å²) < 4.78 is 1.54. The molecule has 0 aromatic heterocycles. The number of unbranched alkanes of at least 4 members (excludes halogenated alkanes) is 7. The predicted octanol–water partition coefficient (Wildman–Crippen LogP) is -2.03. The molecule has 7 heteroatoms. The second-order valence-corrected chi connectivity index (χ2v) is 8.30. The van der Waals surface area contributed by atoms with E-state index in [4.69, 9.17) is 20.4 Å². The molecule has 0 aromatic carbocycles. The van der Waals surface area contributed by atoms with Crippen molar-refractivity contribution in [1.29, 1.82) is 0 Å². The average Bonchev–Trinajstić information content (AvgIpc) is 2.57. The monoisotopic (exact) mass is 457 g/mol. The van der Waals surface area contributed by atoms with Crippen LogP contribution in [0.5, 0.6) is 0 Å². The molecule has 0 fully saturated rings. The van der Waals surface area contributed by atoms with Crippen LogP contribution in [-0.4, -0.2) is 109 Å². The minimum Gasteiger partial charge on any atom is -1.00 e. The van der Waals surface area contributed by atoms with Gasteiger partial charge in [0, 0.05) is 0 Å². The van der Waals surface area contributed by atoms with Gasteiger partial charge in [-0.2, -0.15) is 0 Å². The highest BCUT2D eigenvalue weighted by Gasteiger charge is 2.20. The molecule has 0 amide bonds. The van der Waals surface area contributed by atoms with E-state index < -0.39 is 0 Å². The summed E-state index contributed by atoms with van der Waals surface area (Å²) in [4.78, 5) is 0. The quantitative estimate of drug-likeness (QED) is 0.133. The second-order valence-electron chi connectivity index (χ2n) is 8.30. The number of hydrogen-bond donors (Lipinski definition) is 4. The Bertz CT molecular complexity index is 280. The van der Waals surface area contributed by atoms with E-state index in [2.05, 4.69) is 14.1 Å². The molecule has 6 nitrogen and oxygen atoms in total. The van der Waals surface area contributed by atoms with Gasteiger partial charge in [-0.15, -0.1) is 0 Å². The summed E-state index contributed by atoms with van der Waals surface area (Å²) in [6.07, 6.45) is 9.87. The van der Waals surface area contributed by atoms with Gasteiger partial charge in [-0.25, -0.2) is 0 Å². The summed E-state index contributed by atoms with van der Waals surface area (Å²) in [6.45, 7) is 5.72. The Morgan fingerprint density at radius 3 is 0.852 bits per heavy atom. The number of halogens is 1. The standard InChI is InChI=1S/C20H46N2O4.BrH/c1-21(13-17-23,14-18-24)11-9-7-5-3-4-6-8-10-12-22(2,15-19-25)16-20-26;/h23-26H,3-20H2,1-2H3;1H/q+2;/p-1. The lowest BCUT2D eigenvalue weighted by atomic mass is 10.1. The summed E-state index contributed by atoms with van der Waals surface area (Å²) in [5.74, 6) is 0. The lowest BCUT2D eigenvalue weighted by Crippen LogP contribution is -3.00. The highest BCUT2D eigenvalue weighted by atomic mass is 79.9. The van der Waals surface area contributed by atoms with Crippen molar-refractivity contribution in [1.82, 2.24) is 0 Å². The maximum absolute atomic E-state index is 9.16. The molecule has 0 aliphatic heterocycles. The van der Waals surface area contributed by atoms with Crippen LogP contribution in [0, 0.1) is 0 Å². The van der Waals surface area contributed by atoms with E-state index in [1.807, 2.05) is 0 Å². The number of rotatable bonds is 19. The average molecular weight is 459 g/mol. The lowest BCUT2D eigenvalue weighted by Gasteiger charge is -2.33. The maximum Gasteiger partial charge on any atom is 0.102 e. The molecule has 0 atom stereocenters. The van der Waals surface area contributed by atoms with E-state index >= 15 is 0 Å². The van der Waals surface area contributed by atoms with E-state index in [0.29, 0.717) is 0 Å². The number of nitrogens with zero attached hydrogens (tertiary/aromatic N) is 2. The van der Waals surface area contributed by atoms with Crippen molar-refractivity contribution in [3.8, 4) is 0 Å². The highest BCUT2D eigenvalue weighted by molar-refractivity contribution is 4.49. The van der Waals surface area contributed by atoms with Crippen molar-refractivity contribution < 1.29 is 46.4 Å². The molecule has 166 valence electrons. The third-order valence-electron chi connectivity index (χ3n) is 5.71. The SMILES string of the molecule is C[N+](CCO)(CCO)CCCCCCCCCC[N+](C)(CCO)CCO.[Br-]. The zero-order chi connectivity index (χ0) is 19.7. The first-order valence-electron chi connectivity index (χ1n) is 10.6. The van der Waals surface area contributed by atoms with E-state index in [9.17, 15) is 0 Å². The minimum absolute atomic E-state index is 0. The molecule has 0 spiro atoms. The van der Waals surface area contributed by atoms with E-state index in [-0.39, 0.29) is 43.4 Å². The van der Waals surface area contributed by atoms with Crippen LogP contribution in [0.1, 0.15) is 51.4 Å². The number of aliphatic hydroxyl groups is 4. The molecule has 0 aliphatic rings. The Labute approximate surface area is 177 Å². The molecule has 0 bridgehead atoms. The van der Waals surface area contributed by atoms with Crippen molar-refractivity contribution in [2.45, 2.75) is 51.4 Å². The Hall–Kier alpha value is 0.240. The normalized spacial score (nSPS) is 12.2. The molecule has 0 saturated heterocycles. The van der Waals surface area contributed by atoms with Crippen molar-refractivity contribution in [3.63, 3.8) is 0 Å². The molecular weight excluding hydrogens is 412 g/mol. The molecule has 4 N–H and O–H groups in total. The fourth-order valence-corrected chi connectivity index (χ4v) is 3.68. The van der Waals surface area contributed by atoms with Gasteiger partial charge in [-0.05, 0) is 25.7 Å². The summed E-state index contributed by atoms with van der Waals surface area (Å²) in [5, 5.41) is 36.6. The van der Waals surface area contributed by atoms with Crippen LogP contribution in [0.15, 0.2) is 0 Å². The molecule has 0 rings (SSSR count). The summed E-state index contributed by atoms with van der Waals surface area (Å²) in [6, 6.07) is 0. The maximum atomic E-state index is 9.16. The van der Waals surface area contributed by atoms with Crippen LogP contribution >= 0.6 is 0 Å². The third-order valence-corrected chi connectivity index (χ3v) is 5.71. The van der Waals surface area contributed by atoms with E-state index in [0.717, 1.165) is 61.1 Å². The molecule has 0 radical (unpaired) electrons. The molecule has 0 heterocycles. The Morgan fingerprint density at radius 1 is 0.407 bits per heavy atom. The highest BCUT2D eigenvalue weighted by Crippen LogP contribution is 2.12. The van der Waals surface area contributed by atoms with Gasteiger partial charge in [0.25, 0.3) is 0 Å². The smallest absolute Gasteiger partial charge is 0.102 e. The summed E-state index contributed by atoms with van der Waals surface area (Å²) in [5.41, 5.74) is 0. The van der Waals surface area contributed by atoms with Crippen molar-refractivity contribution in [2.24, 2.45) is 0 Å². The van der Waals surface area contributed by atoms with Crippen LogP contribution in [-0.2, 0) is 0 Å². The van der Waals surface area contributed by atoms with Gasteiger partial charge in [0.15, 0.2) is 0 Å². The van der Waals surface area contributed by atoms with Crippen molar-refractivity contribution in [3.05, 3.63) is 0 Å². The van der Waals surface area contributed by atoms with Gasteiger partial charge in [-0.3, -0.25) is 0 Å². The number of quaternary nitrogens is 2. The first kappa shape index (κ1) is 29.4. The molecular formula is C20H46BrN2O4+. The number of hydrogen-bond acceptors (Lipinski definition) is 4. The third kappa shape index (κ3) is 15.8. The van der Waals surface area contributed by atoms with Crippen molar-refractivity contribution >= 4 is 0 Å². The van der Waals surface area contributed by atoms with Gasteiger partial charge >= 0.3 is 0 Å². The Morgan fingerprint density at radius 2 is 0.630 bits per heavy atom. The lowest BCUT2D eigenvalue weighted by molar-refractivity contribution is -0.910. The zero-order valence-corrected chi connectivity index (χ0v) is 19.4. The van der Waals surface area contributed by atoms with Crippen LogP contribution in [0.3, 0.4) is 0 Å². The first-order chi connectivity index (χ1) is 12.4. The van der Waals surface area contributed by atoms with Crippen LogP contribution < -0.4 is 17.0 Å². The zero-order valence-electron chi connectivity index (χ0n) is 17.8. The van der Waals surface area contributed by atoms with Gasteiger partial charge in [-0.1, -0.05) is 25.7 Å². The molecule has 0 unspecified atom stereocenters. The Kier molecular flexibility index (Phi) is 19.9. The first-order valence-corrected chi connectivity index (χ1v) is 10.6. The van der Waals surface area contributed by atoms with E-state index in [1.54, 1.807) is 0 Å². The van der Waals surface area contributed by atoms with Crippen LogP contribution in [0.25, 0.3) is 0 Å². The van der Waals surface area contributed by atoms with Gasteiger partial charge in [0.2, 0.25) is 0 Å². The summed E-state index contributed by atoms with van der Waals surface area (Å²) in [7, 11) is 4.23. The fraction of sp³-hybridized carbons (Fsp3) is 1.00. The second kappa shape index (κ2) is 18.3. The van der Waals surface area contributed by atoms with Gasteiger partial charge in [0.05, 0.1) is 53.6 Å². The van der Waals surface area contributed by atoms with Crippen molar-refractivity contribution in [2.75, 3.05) is 79.8 Å². The van der Waals surface area contributed by atoms with E-state index in [1.165, 1.54) is 38.5 Å². The molecule has 0 aliphatic carbocycles. The molecule has 0 saturated carbocycles. The minimum atomic E-state index is 0. The van der Waals surface area contributed by atoms with Crippen LogP contribution in [0.2, 0.25) is 0 Å². The fourth-order valence-electron chi connectivity index (χ4n) is 3.68.